The largest absolute Gasteiger partial charge is 0.497 e. The number of aromatic nitrogens is 2. The lowest BCUT2D eigenvalue weighted by Gasteiger charge is -2.12. The molecular weight excluding hydrogens is 364 g/mol. The van der Waals surface area contributed by atoms with Gasteiger partial charge in [0.05, 0.1) is 12.7 Å². The minimum absolute atomic E-state index is 0.192. The quantitative estimate of drug-likeness (QED) is 0.634. The fraction of sp³-hybridized carbons (Fsp3) is 0.261. The van der Waals surface area contributed by atoms with Crippen LogP contribution in [0.25, 0.3) is 0 Å². The van der Waals surface area contributed by atoms with Gasteiger partial charge in [0.2, 0.25) is 5.95 Å². The molecule has 0 saturated carbocycles. The number of methoxy groups -OCH3 is 1. The molecule has 3 aromatic rings. The molecule has 0 bridgehead atoms. The van der Waals surface area contributed by atoms with Crippen molar-refractivity contribution in [3.8, 4) is 5.75 Å². The summed E-state index contributed by atoms with van der Waals surface area (Å²) < 4.78 is 5.22. The number of carbonyl (C=O) groups is 1. The van der Waals surface area contributed by atoms with E-state index in [0.29, 0.717) is 18.1 Å². The summed E-state index contributed by atoms with van der Waals surface area (Å²) in [4.78, 5) is 20.9. The number of hydrogen-bond acceptors (Lipinski definition) is 5. The van der Waals surface area contributed by atoms with Crippen molar-refractivity contribution in [2.24, 2.45) is 0 Å². The second kappa shape index (κ2) is 9.19. The molecule has 3 rings (SSSR count). The van der Waals surface area contributed by atoms with Crippen molar-refractivity contribution in [1.82, 2.24) is 15.3 Å². The van der Waals surface area contributed by atoms with E-state index in [1.165, 1.54) is 18.0 Å². The fourth-order valence-electron chi connectivity index (χ4n) is 3.25. The zero-order valence-electron chi connectivity index (χ0n) is 17.2. The molecule has 0 spiro atoms. The summed E-state index contributed by atoms with van der Waals surface area (Å²) in [5, 5.41) is 6.14. The van der Waals surface area contributed by atoms with Crippen molar-refractivity contribution in [2.75, 3.05) is 19.0 Å². The Kier molecular flexibility index (Phi) is 6.44. The number of ether oxygens (including phenoxy) is 1. The van der Waals surface area contributed by atoms with E-state index in [9.17, 15) is 4.79 Å². The number of carbonyl (C=O) groups excluding carboxylic acids is 1. The zero-order valence-corrected chi connectivity index (χ0v) is 17.2. The van der Waals surface area contributed by atoms with Gasteiger partial charge in [0, 0.05) is 24.6 Å². The molecule has 0 atom stereocenters. The maximum atomic E-state index is 12.3. The Morgan fingerprint density at radius 1 is 1.03 bits per heavy atom. The normalized spacial score (nSPS) is 10.5. The van der Waals surface area contributed by atoms with Crippen LogP contribution in [0.15, 0.2) is 48.8 Å². The van der Waals surface area contributed by atoms with Gasteiger partial charge in [-0.25, -0.2) is 9.97 Å². The maximum absolute atomic E-state index is 12.3. The van der Waals surface area contributed by atoms with Crippen LogP contribution in [-0.4, -0.2) is 29.5 Å². The highest BCUT2D eigenvalue weighted by Crippen LogP contribution is 2.24. The minimum Gasteiger partial charge on any atom is -0.497 e. The Hall–Kier alpha value is -3.41. The first-order valence-electron chi connectivity index (χ1n) is 9.54. The summed E-state index contributed by atoms with van der Waals surface area (Å²) in [6, 6.07) is 12.0. The van der Waals surface area contributed by atoms with E-state index < -0.39 is 0 Å². The Balaban J connectivity index is 1.57. The minimum atomic E-state index is -0.192. The monoisotopic (exact) mass is 390 g/mol. The topological polar surface area (TPSA) is 76.1 Å². The summed E-state index contributed by atoms with van der Waals surface area (Å²) in [5.41, 5.74) is 6.00. The van der Waals surface area contributed by atoms with E-state index in [0.717, 1.165) is 34.5 Å². The molecule has 1 heterocycles. The van der Waals surface area contributed by atoms with Gasteiger partial charge in [-0.1, -0.05) is 29.8 Å². The van der Waals surface area contributed by atoms with Crippen LogP contribution in [0.2, 0.25) is 0 Å². The molecule has 0 unspecified atom stereocenters. The standard InChI is InChI=1S/C23H26N4O2/c1-15-10-16(2)21(17(3)11-15)27-23-25-13-19(14-26-23)22(28)24-9-8-18-6-5-7-20(12-18)29-4/h5-7,10-14H,8-9H2,1-4H3,(H,24,28)(H,25,26,27). The summed E-state index contributed by atoms with van der Waals surface area (Å²) >= 11 is 0. The van der Waals surface area contributed by atoms with Crippen molar-refractivity contribution >= 4 is 17.5 Å². The average molecular weight is 390 g/mol. The first-order chi connectivity index (χ1) is 14.0. The van der Waals surface area contributed by atoms with Gasteiger partial charge in [0.15, 0.2) is 0 Å². The molecular formula is C23H26N4O2. The number of hydrogen-bond donors (Lipinski definition) is 2. The molecule has 1 aromatic heterocycles. The van der Waals surface area contributed by atoms with Gasteiger partial charge >= 0.3 is 0 Å². The third kappa shape index (κ3) is 5.31. The predicted molar refractivity (Wildman–Crippen MR) is 115 cm³/mol. The number of nitrogens with one attached hydrogen (secondary N) is 2. The number of aryl methyl sites for hydroxylation is 3. The van der Waals surface area contributed by atoms with Crippen molar-refractivity contribution in [3.63, 3.8) is 0 Å². The molecule has 0 fully saturated rings. The van der Waals surface area contributed by atoms with E-state index in [-0.39, 0.29) is 5.91 Å². The molecule has 0 saturated heterocycles. The third-order valence-corrected chi connectivity index (χ3v) is 4.66. The molecule has 2 N–H and O–H groups in total. The molecule has 150 valence electrons. The Morgan fingerprint density at radius 3 is 2.38 bits per heavy atom. The molecule has 6 heteroatoms. The van der Waals surface area contributed by atoms with E-state index in [1.807, 2.05) is 38.1 Å². The number of benzene rings is 2. The summed E-state index contributed by atoms with van der Waals surface area (Å²) in [7, 11) is 1.64. The zero-order chi connectivity index (χ0) is 20.8. The van der Waals surface area contributed by atoms with Gasteiger partial charge in [-0.05, 0) is 56.0 Å². The van der Waals surface area contributed by atoms with Crippen LogP contribution in [-0.2, 0) is 6.42 Å². The van der Waals surface area contributed by atoms with Crippen LogP contribution < -0.4 is 15.4 Å². The molecule has 0 aliphatic rings. The van der Waals surface area contributed by atoms with E-state index in [1.54, 1.807) is 7.11 Å². The predicted octanol–water partition coefficient (Wildman–Crippen LogP) is 4.13. The summed E-state index contributed by atoms with van der Waals surface area (Å²) in [6.07, 6.45) is 3.79. The molecule has 29 heavy (non-hydrogen) atoms. The van der Waals surface area contributed by atoms with Gasteiger partial charge < -0.3 is 15.4 Å². The van der Waals surface area contributed by atoms with Gasteiger partial charge in [0.1, 0.15) is 5.75 Å². The lowest BCUT2D eigenvalue weighted by Crippen LogP contribution is -2.26. The van der Waals surface area contributed by atoms with Crippen LogP contribution in [0.1, 0.15) is 32.6 Å². The highest BCUT2D eigenvalue weighted by atomic mass is 16.5. The van der Waals surface area contributed by atoms with E-state index >= 15 is 0 Å². The molecule has 0 radical (unpaired) electrons. The summed E-state index contributed by atoms with van der Waals surface area (Å²) in [6.45, 7) is 6.69. The molecule has 0 aliphatic heterocycles. The fourth-order valence-corrected chi connectivity index (χ4v) is 3.25. The van der Waals surface area contributed by atoms with Gasteiger partial charge in [0.25, 0.3) is 5.91 Å². The van der Waals surface area contributed by atoms with Gasteiger partial charge in [-0.3, -0.25) is 4.79 Å². The highest BCUT2D eigenvalue weighted by molar-refractivity contribution is 5.93. The number of nitrogens with zero attached hydrogens (tertiary/aromatic N) is 2. The average Bonchev–Trinajstić information content (AvgIpc) is 2.71. The number of amides is 1. The lowest BCUT2D eigenvalue weighted by atomic mass is 10.1. The Labute approximate surface area is 171 Å². The van der Waals surface area contributed by atoms with Crippen LogP contribution >= 0.6 is 0 Å². The van der Waals surface area contributed by atoms with Crippen LogP contribution in [0.3, 0.4) is 0 Å². The summed E-state index contributed by atoms with van der Waals surface area (Å²) in [5.74, 6) is 1.08. The van der Waals surface area contributed by atoms with Crippen molar-refractivity contribution in [1.29, 1.82) is 0 Å². The number of rotatable bonds is 7. The first kappa shape index (κ1) is 20.3. The smallest absolute Gasteiger partial charge is 0.254 e. The lowest BCUT2D eigenvalue weighted by molar-refractivity contribution is 0.0953. The second-order valence-electron chi connectivity index (χ2n) is 7.05. The Bertz CT molecular complexity index is 977. The molecule has 1 amide bonds. The molecule has 6 nitrogen and oxygen atoms in total. The van der Waals surface area contributed by atoms with E-state index in [2.05, 4.69) is 39.7 Å². The van der Waals surface area contributed by atoms with Crippen molar-refractivity contribution in [2.45, 2.75) is 27.2 Å². The SMILES string of the molecule is COc1cccc(CCNC(=O)c2cnc(Nc3c(C)cc(C)cc3C)nc2)c1. The maximum Gasteiger partial charge on any atom is 0.254 e. The van der Waals surface area contributed by atoms with Crippen LogP contribution in [0, 0.1) is 20.8 Å². The highest BCUT2D eigenvalue weighted by Gasteiger charge is 2.09. The number of anilines is 2. The van der Waals surface area contributed by atoms with Crippen LogP contribution in [0.5, 0.6) is 5.75 Å². The first-order valence-corrected chi connectivity index (χ1v) is 9.54. The Morgan fingerprint density at radius 2 is 1.72 bits per heavy atom. The van der Waals surface area contributed by atoms with E-state index in [4.69, 9.17) is 4.74 Å². The van der Waals surface area contributed by atoms with Gasteiger partial charge in [-0.2, -0.15) is 0 Å². The van der Waals surface area contributed by atoms with Crippen molar-refractivity contribution in [3.05, 3.63) is 76.6 Å². The second-order valence-corrected chi connectivity index (χ2v) is 7.05. The third-order valence-electron chi connectivity index (χ3n) is 4.66. The molecule has 0 aliphatic carbocycles. The van der Waals surface area contributed by atoms with Gasteiger partial charge in [-0.15, -0.1) is 0 Å². The molecule has 2 aromatic carbocycles. The van der Waals surface area contributed by atoms with Crippen LogP contribution in [0.4, 0.5) is 11.6 Å². The van der Waals surface area contributed by atoms with Crippen molar-refractivity contribution < 1.29 is 9.53 Å².